The van der Waals surface area contributed by atoms with Gasteiger partial charge in [0.05, 0.1) is 18.1 Å². The maximum atomic E-state index is 12.2. The molecule has 0 fully saturated rings. The summed E-state index contributed by atoms with van der Waals surface area (Å²) in [5.41, 5.74) is 2.20. The Bertz CT molecular complexity index is 723. The van der Waals surface area contributed by atoms with E-state index in [1.54, 1.807) is 20.8 Å². The van der Waals surface area contributed by atoms with Gasteiger partial charge >= 0.3 is 6.09 Å². The molecule has 0 aromatic carbocycles. The molecule has 9 heteroatoms. The molecule has 2 heterocycles. The van der Waals surface area contributed by atoms with Gasteiger partial charge in [0.2, 0.25) is 5.91 Å². The fraction of sp³-hybridized carbons (Fsp3) is 0.533. The van der Waals surface area contributed by atoms with Gasteiger partial charge < -0.3 is 9.64 Å². The van der Waals surface area contributed by atoms with Gasteiger partial charge in [-0.2, -0.15) is 0 Å². The molecule has 0 radical (unpaired) electrons. The Morgan fingerprint density at radius 3 is 2.67 bits per heavy atom. The van der Waals surface area contributed by atoms with Gasteiger partial charge in [0.1, 0.15) is 5.60 Å². The second-order valence-electron chi connectivity index (χ2n) is 6.52. The number of rotatable bonds is 2. The summed E-state index contributed by atoms with van der Waals surface area (Å²) < 4.78 is 6.42. The van der Waals surface area contributed by atoms with Crippen LogP contribution in [0.2, 0.25) is 5.02 Å². The molecule has 0 atom stereocenters. The van der Waals surface area contributed by atoms with E-state index in [0.29, 0.717) is 24.2 Å². The molecule has 8 nitrogen and oxygen atoms in total. The number of nitrogens with two attached hydrogens (primary N) is 1. The van der Waals surface area contributed by atoms with Gasteiger partial charge in [-0.3, -0.25) is 20.9 Å². The minimum atomic E-state index is -0.608. The average molecular weight is 357 g/mol. The van der Waals surface area contributed by atoms with E-state index < -0.39 is 23.2 Å². The third-order valence-electron chi connectivity index (χ3n) is 3.50. The predicted octanol–water partition coefficient (Wildman–Crippen LogP) is 0.898. The number of amides is 1. The van der Waals surface area contributed by atoms with Crippen molar-refractivity contribution in [2.45, 2.75) is 39.3 Å². The van der Waals surface area contributed by atoms with Gasteiger partial charge in [0, 0.05) is 30.3 Å². The number of nitrogens with zero attached hydrogens (tertiary/aromatic N) is 2. The second-order valence-corrected chi connectivity index (χ2v) is 6.92. The van der Waals surface area contributed by atoms with E-state index in [1.165, 1.54) is 11.0 Å². The fourth-order valence-electron chi connectivity index (χ4n) is 2.53. The number of hydrogen-bond donors (Lipinski definition) is 2. The first-order valence-corrected chi connectivity index (χ1v) is 7.89. The lowest BCUT2D eigenvalue weighted by Gasteiger charge is -2.32. The van der Waals surface area contributed by atoms with Crippen LogP contribution in [0.1, 0.15) is 36.8 Å². The third-order valence-corrected chi connectivity index (χ3v) is 3.84. The molecule has 1 aliphatic heterocycles. The summed E-state index contributed by atoms with van der Waals surface area (Å²) in [6.07, 6.45) is -0.141. The van der Waals surface area contributed by atoms with E-state index in [2.05, 4.69) is 5.43 Å². The highest BCUT2D eigenvalue weighted by Gasteiger charge is 2.29. The zero-order valence-electron chi connectivity index (χ0n) is 13.9. The largest absolute Gasteiger partial charge is 0.444 e. The van der Waals surface area contributed by atoms with Gasteiger partial charge in [-0.1, -0.05) is 11.6 Å². The number of pyridine rings is 1. The van der Waals surface area contributed by atoms with E-state index in [9.17, 15) is 14.4 Å². The Labute approximate surface area is 144 Å². The number of carbonyl (C=O) groups is 2. The zero-order chi connectivity index (χ0) is 18.1. The van der Waals surface area contributed by atoms with Gasteiger partial charge in [-0.05, 0) is 20.8 Å². The molecule has 0 unspecified atom stereocenters. The summed E-state index contributed by atoms with van der Waals surface area (Å²) in [7, 11) is 0. The topological polar surface area (TPSA) is 107 Å². The van der Waals surface area contributed by atoms with Gasteiger partial charge in [0.15, 0.2) is 0 Å². The van der Waals surface area contributed by atoms with Crippen molar-refractivity contribution in [2.75, 3.05) is 13.1 Å². The van der Waals surface area contributed by atoms with E-state index in [1.807, 2.05) is 0 Å². The van der Waals surface area contributed by atoms with Crippen molar-refractivity contribution in [3.05, 3.63) is 32.7 Å². The third kappa shape index (κ3) is 3.95. The van der Waals surface area contributed by atoms with Crippen LogP contribution in [0.25, 0.3) is 0 Å². The van der Waals surface area contributed by atoms with Gasteiger partial charge in [-0.25, -0.2) is 9.36 Å². The van der Waals surface area contributed by atoms with Crippen LogP contribution < -0.4 is 16.8 Å². The van der Waals surface area contributed by atoms with Crippen molar-refractivity contribution in [3.8, 4) is 0 Å². The molecule has 0 spiro atoms. The average Bonchev–Trinajstić information content (AvgIpc) is 2.45. The van der Waals surface area contributed by atoms with Crippen LogP contribution in [0, 0.1) is 0 Å². The monoisotopic (exact) mass is 356 g/mol. The lowest BCUT2D eigenvalue weighted by molar-refractivity contribution is 0.0222. The Kier molecular flexibility index (Phi) is 5.32. The number of hydrogen-bond acceptors (Lipinski definition) is 6. The minimum Gasteiger partial charge on any atom is -0.444 e. The van der Waals surface area contributed by atoms with E-state index in [0.717, 1.165) is 4.57 Å². The van der Waals surface area contributed by atoms with Crippen LogP contribution in [-0.4, -0.2) is 40.2 Å². The summed E-state index contributed by atoms with van der Waals surface area (Å²) in [4.78, 5) is 38.0. The van der Waals surface area contributed by atoms with Crippen LogP contribution in [0.15, 0.2) is 10.9 Å². The number of nitrogens with one attached hydrogen (secondary N) is 1. The summed E-state index contributed by atoms with van der Waals surface area (Å²) in [6, 6.07) is 1.17. The molecule has 0 aliphatic carbocycles. The maximum absolute atomic E-state index is 12.2. The summed E-state index contributed by atoms with van der Waals surface area (Å²) in [5.74, 6) is 4.69. The van der Waals surface area contributed by atoms with Crippen LogP contribution in [-0.2, 0) is 17.7 Å². The molecule has 1 amide bonds. The lowest BCUT2D eigenvalue weighted by Crippen LogP contribution is -2.44. The molecule has 0 saturated carbocycles. The molecule has 132 valence electrons. The Morgan fingerprint density at radius 2 is 2.08 bits per heavy atom. The first-order valence-electron chi connectivity index (χ1n) is 7.52. The van der Waals surface area contributed by atoms with Crippen molar-refractivity contribution in [1.82, 2.24) is 14.9 Å². The normalized spacial score (nSPS) is 14.3. The number of carbonyl (C=O) groups excluding carboxylic acids is 2. The highest BCUT2D eigenvalue weighted by Crippen LogP contribution is 2.26. The highest BCUT2D eigenvalue weighted by molar-refractivity contribution is 6.31. The van der Waals surface area contributed by atoms with Crippen molar-refractivity contribution in [3.63, 3.8) is 0 Å². The minimum absolute atomic E-state index is 0.173. The van der Waals surface area contributed by atoms with Crippen LogP contribution >= 0.6 is 11.6 Å². The van der Waals surface area contributed by atoms with Crippen LogP contribution in [0.5, 0.6) is 0 Å². The van der Waals surface area contributed by atoms with Crippen molar-refractivity contribution in [1.29, 1.82) is 0 Å². The second kappa shape index (κ2) is 6.92. The Hall–Kier alpha value is -1.90. The first kappa shape index (κ1) is 18.4. The number of fused-ring (bicyclic) bond motifs is 1. The quantitative estimate of drug-likeness (QED) is 0.602. The summed E-state index contributed by atoms with van der Waals surface area (Å²) >= 11 is 6.16. The molecule has 0 saturated heterocycles. The molecule has 3 N–H and O–H groups in total. The molecule has 1 aliphatic rings. The van der Waals surface area contributed by atoms with E-state index in [4.69, 9.17) is 22.2 Å². The molecule has 24 heavy (non-hydrogen) atoms. The van der Waals surface area contributed by atoms with Crippen molar-refractivity contribution < 1.29 is 14.3 Å². The molecule has 1 aromatic heterocycles. The maximum Gasteiger partial charge on any atom is 0.410 e. The molecule has 1 aromatic rings. The van der Waals surface area contributed by atoms with E-state index in [-0.39, 0.29) is 18.1 Å². The van der Waals surface area contributed by atoms with Crippen LogP contribution in [0.4, 0.5) is 4.79 Å². The Morgan fingerprint density at radius 1 is 1.42 bits per heavy atom. The number of hydrazine groups is 1. The molecular formula is C15H21ClN4O4. The van der Waals surface area contributed by atoms with Gasteiger partial charge in [0.25, 0.3) is 5.56 Å². The summed E-state index contributed by atoms with van der Waals surface area (Å²) in [6.45, 7) is 5.67. The SMILES string of the molecule is CC(C)(C)OC(=O)N1CCc2c(c(Cl)cc(=O)n2C(=O)CNN)C1. The van der Waals surface area contributed by atoms with Crippen molar-refractivity contribution in [2.24, 2.45) is 5.84 Å². The molecular weight excluding hydrogens is 336 g/mol. The smallest absolute Gasteiger partial charge is 0.410 e. The highest BCUT2D eigenvalue weighted by atomic mass is 35.5. The first-order chi connectivity index (χ1) is 11.1. The Balaban J connectivity index is 2.35. The fourth-order valence-corrected chi connectivity index (χ4v) is 2.79. The zero-order valence-corrected chi connectivity index (χ0v) is 14.6. The number of aromatic nitrogens is 1. The lowest BCUT2D eigenvalue weighted by atomic mass is 10.0. The standard InChI is InChI=1S/C15H21ClN4O4/c1-15(2,3)24-14(23)19-5-4-11-9(8-19)10(16)6-12(21)20(11)13(22)7-18-17/h6,18H,4-5,7-8,17H2,1-3H3. The molecule has 2 rings (SSSR count). The van der Waals surface area contributed by atoms with Gasteiger partial charge in [-0.15, -0.1) is 0 Å². The summed E-state index contributed by atoms with van der Waals surface area (Å²) in [5, 5.41) is 0.230. The van der Waals surface area contributed by atoms with E-state index >= 15 is 0 Å². The van der Waals surface area contributed by atoms with Crippen LogP contribution in [0.3, 0.4) is 0 Å². The predicted molar refractivity (Wildman–Crippen MR) is 88.9 cm³/mol. The van der Waals surface area contributed by atoms with Crippen molar-refractivity contribution >= 4 is 23.6 Å². The number of halogens is 1. The molecule has 0 bridgehead atoms. The number of ether oxygens (including phenoxy) is 1.